The molecule has 0 aliphatic heterocycles. The van der Waals surface area contributed by atoms with Crippen molar-refractivity contribution in [2.45, 2.75) is 18.2 Å². The molecule has 4 nitrogen and oxygen atoms in total. The summed E-state index contributed by atoms with van der Waals surface area (Å²) in [5.41, 5.74) is 2.24. The Morgan fingerprint density at radius 2 is 1.86 bits per heavy atom. The van der Waals surface area contributed by atoms with Crippen molar-refractivity contribution in [2.24, 2.45) is 0 Å². The fourth-order valence-electron chi connectivity index (χ4n) is 1.89. The number of benzene rings is 2. The quantitative estimate of drug-likeness (QED) is 0.900. The molecule has 0 amide bonds. The SMILES string of the molecule is Cc1cc(Br)cc(NS(=O)(=O)c2ccc(CC#N)cc2)c1. The van der Waals surface area contributed by atoms with Gasteiger partial charge in [-0.05, 0) is 48.4 Å². The van der Waals surface area contributed by atoms with Crippen LogP contribution < -0.4 is 4.72 Å². The van der Waals surface area contributed by atoms with Crippen molar-refractivity contribution in [1.82, 2.24) is 0 Å². The lowest BCUT2D eigenvalue weighted by Crippen LogP contribution is -2.13. The zero-order chi connectivity index (χ0) is 15.5. The van der Waals surface area contributed by atoms with Gasteiger partial charge < -0.3 is 0 Å². The van der Waals surface area contributed by atoms with Crippen LogP contribution in [0.4, 0.5) is 5.69 Å². The van der Waals surface area contributed by atoms with Crippen LogP contribution in [0, 0.1) is 18.3 Å². The Bertz CT molecular complexity index is 773. The van der Waals surface area contributed by atoms with Crippen LogP contribution in [0.2, 0.25) is 0 Å². The van der Waals surface area contributed by atoms with Crippen LogP contribution in [0.1, 0.15) is 11.1 Å². The number of hydrogen-bond acceptors (Lipinski definition) is 3. The molecule has 0 bridgehead atoms. The van der Waals surface area contributed by atoms with Crippen molar-refractivity contribution >= 4 is 31.6 Å². The Morgan fingerprint density at radius 3 is 2.43 bits per heavy atom. The van der Waals surface area contributed by atoms with Gasteiger partial charge in [0.15, 0.2) is 0 Å². The van der Waals surface area contributed by atoms with Crippen molar-refractivity contribution in [3.8, 4) is 6.07 Å². The normalized spacial score (nSPS) is 10.9. The molecule has 0 fully saturated rings. The number of nitrogens with one attached hydrogen (secondary N) is 1. The Morgan fingerprint density at radius 1 is 1.19 bits per heavy atom. The molecule has 21 heavy (non-hydrogen) atoms. The smallest absolute Gasteiger partial charge is 0.261 e. The first-order chi connectivity index (χ1) is 9.90. The van der Waals surface area contributed by atoms with Crippen LogP contribution in [0.15, 0.2) is 51.8 Å². The van der Waals surface area contributed by atoms with E-state index >= 15 is 0 Å². The highest BCUT2D eigenvalue weighted by Gasteiger charge is 2.14. The van der Waals surface area contributed by atoms with E-state index in [2.05, 4.69) is 20.7 Å². The first-order valence-corrected chi connectivity index (χ1v) is 8.44. The molecule has 2 rings (SSSR count). The molecule has 0 saturated carbocycles. The summed E-state index contributed by atoms with van der Waals surface area (Å²) in [5.74, 6) is 0. The largest absolute Gasteiger partial charge is 0.280 e. The number of hydrogen-bond donors (Lipinski definition) is 1. The molecule has 2 aromatic carbocycles. The van der Waals surface area contributed by atoms with Crippen molar-refractivity contribution in [3.05, 3.63) is 58.1 Å². The molecule has 1 N–H and O–H groups in total. The summed E-state index contributed by atoms with van der Waals surface area (Å²) in [5, 5.41) is 8.61. The summed E-state index contributed by atoms with van der Waals surface area (Å²) in [6.45, 7) is 1.89. The summed E-state index contributed by atoms with van der Waals surface area (Å²) in [6, 6.07) is 13.7. The molecular weight excluding hydrogens is 352 g/mol. The van der Waals surface area contributed by atoms with E-state index in [-0.39, 0.29) is 11.3 Å². The number of nitrogens with zero attached hydrogens (tertiary/aromatic N) is 1. The average molecular weight is 365 g/mol. The monoisotopic (exact) mass is 364 g/mol. The lowest BCUT2D eigenvalue weighted by atomic mass is 10.2. The third-order valence-electron chi connectivity index (χ3n) is 2.81. The van der Waals surface area contributed by atoms with Crippen LogP contribution >= 0.6 is 15.9 Å². The van der Waals surface area contributed by atoms with Crippen molar-refractivity contribution in [2.75, 3.05) is 4.72 Å². The van der Waals surface area contributed by atoms with Gasteiger partial charge in [-0.15, -0.1) is 0 Å². The van der Waals surface area contributed by atoms with Crippen LogP contribution in [-0.4, -0.2) is 8.42 Å². The molecule has 0 heterocycles. The van der Waals surface area contributed by atoms with E-state index in [1.807, 2.05) is 19.1 Å². The highest BCUT2D eigenvalue weighted by atomic mass is 79.9. The Balaban J connectivity index is 2.27. The van der Waals surface area contributed by atoms with Gasteiger partial charge in [-0.25, -0.2) is 8.42 Å². The Labute approximate surface area is 132 Å². The number of anilines is 1. The number of nitriles is 1. The van der Waals surface area contributed by atoms with E-state index < -0.39 is 10.0 Å². The lowest BCUT2D eigenvalue weighted by Gasteiger charge is -2.09. The molecule has 0 aromatic heterocycles. The van der Waals surface area contributed by atoms with Gasteiger partial charge >= 0.3 is 0 Å². The van der Waals surface area contributed by atoms with Gasteiger partial charge in [-0.1, -0.05) is 28.1 Å². The second-order valence-electron chi connectivity index (χ2n) is 4.60. The van der Waals surface area contributed by atoms with E-state index in [4.69, 9.17) is 5.26 Å². The average Bonchev–Trinajstić information content (AvgIpc) is 2.38. The zero-order valence-corrected chi connectivity index (χ0v) is 13.7. The van der Waals surface area contributed by atoms with Crippen LogP contribution in [0.25, 0.3) is 0 Å². The molecule has 0 spiro atoms. The molecule has 0 unspecified atom stereocenters. The third-order valence-corrected chi connectivity index (χ3v) is 4.67. The van der Waals surface area contributed by atoms with Gasteiger partial charge in [0.25, 0.3) is 10.0 Å². The summed E-state index contributed by atoms with van der Waals surface area (Å²) in [4.78, 5) is 0.168. The second kappa shape index (κ2) is 6.29. The first-order valence-electron chi connectivity index (χ1n) is 6.16. The number of aryl methyl sites for hydroxylation is 1. The molecule has 0 aliphatic carbocycles. The fourth-order valence-corrected chi connectivity index (χ4v) is 3.54. The third kappa shape index (κ3) is 4.06. The predicted molar refractivity (Wildman–Crippen MR) is 85.4 cm³/mol. The summed E-state index contributed by atoms with van der Waals surface area (Å²) in [7, 11) is -3.63. The summed E-state index contributed by atoms with van der Waals surface area (Å²) in [6.07, 6.45) is 0.262. The van der Waals surface area contributed by atoms with Gasteiger partial charge in [0.05, 0.1) is 23.1 Å². The standard InChI is InChI=1S/C15H13BrN2O2S/c1-11-8-13(16)10-14(9-11)18-21(19,20)15-4-2-12(3-5-15)6-7-17/h2-5,8-10,18H,6H2,1H3. The first kappa shape index (κ1) is 15.5. The van der Waals surface area contributed by atoms with Crippen molar-refractivity contribution in [3.63, 3.8) is 0 Å². The highest BCUT2D eigenvalue weighted by Crippen LogP contribution is 2.22. The molecule has 0 saturated heterocycles. The van der Waals surface area contributed by atoms with E-state index in [0.717, 1.165) is 15.6 Å². The fraction of sp³-hybridized carbons (Fsp3) is 0.133. The maximum atomic E-state index is 12.3. The minimum Gasteiger partial charge on any atom is -0.280 e. The minimum atomic E-state index is -3.63. The number of sulfonamides is 1. The topological polar surface area (TPSA) is 70.0 Å². The molecule has 2 aromatic rings. The molecule has 0 radical (unpaired) electrons. The van der Waals surface area contributed by atoms with Gasteiger partial charge in [0.2, 0.25) is 0 Å². The van der Waals surface area contributed by atoms with Crippen molar-refractivity contribution < 1.29 is 8.42 Å². The number of halogens is 1. The molecule has 0 aliphatic rings. The van der Waals surface area contributed by atoms with E-state index in [0.29, 0.717) is 5.69 Å². The predicted octanol–water partition coefficient (Wildman–Crippen LogP) is 3.62. The maximum absolute atomic E-state index is 12.3. The van der Waals surface area contributed by atoms with Gasteiger partial charge in [0, 0.05) is 4.47 Å². The maximum Gasteiger partial charge on any atom is 0.261 e. The van der Waals surface area contributed by atoms with E-state index in [1.54, 1.807) is 24.3 Å². The van der Waals surface area contributed by atoms with E-state index in [9.17, 15) is 8.42 Å². The van der Waals surface area contributed by atoms with Gasteiger partial charge in [-0.2, -0.15) is 5.26 Å². The number of rotatable bonds is 4. The van der Waals surface area contributed by atoms with Gasteiger partial charge in [-0.3, -0.25) is 4.72 Å². The zero-order valence-electron chi connectivity index (χ0n) is 11.3. The lowest BCUT2D eigenvalue weighted by molar-refractivity contribution is 0.601. The summed E-state index contributed by atoms with van der Waals surface area (Å²) >= 11 is 3.34. The molecule has 108 valence electrons. The molecular formula is C15H13BrN2O2S. The van der Waals surface area contributed by atoms with Crippen molar-refractivity contribution in [1.29, 1.82) is 5.26 Å². The van der Waals surface area contributed by atoms with Crippen LogP contribution in [0.3, 0.4) is 0 Å². The van der Waals surface area contributed by atoms with Crippen LogP contribution in [0.5, 0.6) is 0 Å². The second-order valence-corrected chi connectivity index (χ2v) is 7.20. The summed E-state index contributed by atoms with van der Waals surface area (Å²) < 4.78 is 28.0. The Kier molecular flexibility index (Phi) is 4.66. The minimum absolute atomic E-state index is 0.168. The molecule has 0 atom stereocenters. The highest BCUT2D eigenvalue weighted by molar-refractivity contribution is 9.10. The van der Waals surface area contributed by atoms with E-state index in [1.165, 1.54) is 12.1 Å². The Hall–Kier alpha value is -1.84. The van der Waals surface area contributed by atoms with Gasteiger partial charge in [0.1, 0.15) is 0 Å². The van der Waals surface area contributed by atoms with Crippen LogP contribution in [-0.2, 0) is 16.4 Å². The molecule has 6 heteroatoms.